The third-order valence-corrected chi connectivity index (χ3v) is 5.02. The van der Waals surface area contributed by atoms with Crippen LogP contribution in [-0.4, -0.2) is 33.6 Å². The van der Waals surface area contributed by atoms with Gasteiger partial charge < -0.3 is 9.47 Å². The van der Waals surface area contributed by atoms with E-state index in [0.717, 1.165) is 12.1 Å². The molecule has 0 fully saturated rings. The molecule has 0 aliphatic heterocycles. The molecule has 2 aromatic rings. The van der Waals surface area contributed by atoms with Gasteiger partial charge in [0.2, 0.25) is 10.0 Å². The third-order valence-electron chi connectivity index (χ3n) is 3.51. The Morgan fingerprint density at radius 2 is 1.78 bits per heavy atom. The number of methoxy groups -OCH3 is 1. The highest BCUT2D eigenvalue weighted by molar-refractivity contribution is 7.89. The summed E-state index contributed by atoms with van der Waals surface area (Å²) in [5.41, 5.74) is 0.0684. The second kappa shape index (κ2) is 8.73. The van der Waals surface area contributed by atoms with E-state index in [2.05, 4.69) is 9.46 Å². The lowest BCUT2D eigenvalue weighted by Gasteiger charge is -2.09. The van der Waals surface area contributed by atoms with Crippen molar-refractivity contribution in [3.8, 4) is 11.5 Å². The van der Waals surface area contributed by atoms with E-state index in [1.807, 2.05) is 0 Å². The van der Waals surface area contributed by atoms with Crippen molar-refractivity contribution in [3.63, 3.8) is 0 Å². The van der Waals surface area contributed by atoms with Crippen LogP contribution in [0.1, 0.15) is 5.56 Å². The maximum absolute atomic E-state index is 12.4. The van der Waals surface area contributed by atoms with E-state index in [1.54, 1.807) is 0 Å². The molecule has 27 heavy (non-hydrogen) atoms. The average molecular weight is 402 g/mol. The van der Waals surface area contributed by atoms with Crippen molar-refractivity contribution in [1.29, 1.82) is 0 Å². The summed E-state index contributed by atoms with van der Waals surface area (Å²) in [5, 5.41) is 11.1. The first-order valence-corrected chi connectivity index (χ1v) is 9.07. The molecule has 0 aliphatic carbocycles. The molecule has 0 amide bonds. The summed E-state index contributed by atoms with van der Waals surface area (Å²) in [6.45, 7) is -2.97. The Morgan fingerprint density at radius 3 is 2.33 bits per heavy atom. The zero-order valence-corrected chi connectivity index (χ0v) is 14.9. The van der Waals surface area contributed by atoms with E-state index in [0.29, 0.717) is 5.56 Å². The van der Waals surface area contributed by atoms with Crippen molar-refractivity contribution < 1.29 is 31.6 Å². The lowest BCUT2D eigenvalue weighted by Crippen LogP contribution is -2.26. The maximum Gasteiger partial charge on any atom is 0.387 e. The van der Waals surface area contributed by atoms with E-state index in [-0.39, 0.29) is 24.5 Å². The number of nitrogens with zero attached hydrogens (tertiary/aromatic N) is 1. The predicted molar refractivity (Wildman–Crippen MR) is 91.6 cm³/mol. The van der Waals surface area contributed by atoms with Crippen LogP contribution in [0.5, 0.6) is 11.5 Å². The Morgan fingerprint density at radius 1 is 1.15 bits per heavy atom. The summed E-state index contributed by atoms with van der Waals surface area (Å²) in [6.07, 6.45) is 0.248. The molecular formula is C16H16F2N2O6S. The number of rotatable bonds is 9. The Hall–Kier alpha value is -2.79. The fourth-order valence-electron chi connectivity index (χ4n) is 2.24. The van der Waals surface area contributed by atoms with Crippen LogP contribution in [0.15, 0.2) is 47.4 Å². The number of hydrogen-bond donors (Lipinski definition) is 1. The molecular weight excluding hydrogens is 386 g/mol. The van der Waals surface area contributed by atoms with Crippen LogP contribution in [0.2, 0.25) is 0 Å². The molecule has 0 spiro atoms. The molecule has 0 aromatic heterocycles. The minimum atomic E-state index is -4.13. The number of halogens is 2. The molecule has 1 N–H and O–H groups in total. The van der Waals surface area contributed by atoms with E-state index in [9.17, 15) is 27.3 Å². The second-order valence-electron chi connectivity index (χ2n) is 5.26. The molecule has 0 unspecified atom stereocenters. The first-order valence-electron chi connectivity index (χ1n) is 7.59. The largest absolute Gasteiger partial charge is 0.497 e. The Bertz CT molecular complexity index is 904. The van der Waals surface area contributed by atoms with Gasteiger partial charge in [-0.15, -0.1) is 0 Å². The van der Waals surface area contributed by atoms with Crippen LogP contribution in [0.25, 0.3) is 0 Å². The quantitative estimate of drug-likeness (QED) is 0.510. The molecule has 0 saturated carbocycles. The monoisotopic (exact) mass is 402 g/mol. The van der Waals surface area contributed by atoms with Crippen LogP contribution < -0.4 is 14.2 Å². The summed E-state index contributed by atoms with van der Waals surface area (Å²) >= 11 is 0. The SMILES string of the molecule is COc1ccc(S(=O)(=O)NCCc2ccc(OC(F)F)cc2)c([N+](=O)[O-])c1. The third kappa shape index (κ3) is 5.59. The Kier molecular flexibility index (Phi) is 6.64. The highest BCUT2D eigenvalue weighted by Crippen LogP contribution is 2.28. The van der Waals surface area contributed by atoms with Crippen LogP contribution in [0, 0.1) is 10.1 Å². The van der Waals surface area contributed by atoms with Gasteiger partial charge in [0.1, 0.15) is 11.5 Å². The number of nitrogens with one attached hydrogen (secondary N) is 1. The van der Waals surface area contributed by atoms with Gasteiger partial charge in [0.05, 0.1) is 18.1 Å². The van der Waals surface area contributed by atoms with Crippen molar-refractivity contribution in [1.82, 2.24) is 4.72 Å². The first kappa shape index (κ1) is 20.5. The Labute approximate surface area is 153 Å². The van der Waals surface area contributed by atoms with Crippen LogP contribution >= 0.6 is 0 Å². The molecule has 0 aliphatic rings. The minimum absolute atomic E-state index is 0.0109. The van der Waals surface area contributed by atoms with E-state index >= 15 is 0 Å². The smallest absolute Gasteiger partial charge is 0.387 e. The minimum Gasteiger partial charge on any atom is -0.497 e. The van der Waals surface area contributed by atoms with Gasteiger partial charge in [-0.3, -0.25) is 10.1 Å². The summed E-state index contributed by atoms with van der Waals surface area (Å²) in [5.74, 6) is 0.148. The molecule has 146 valence electrons. The topological polar surface area (TPSA) is 108 Å². The van der Waals surface area contributed by atoms with Crippen molar-refractivity contribution in [2.75, 3.05) is 13.7 Å². The van der Waals surface area contributed by atoms with Crippen molar-refractivity contribution in [2.24, 2.45) is 0 Å². The summed E-state index contributed by atoms with van der Waals surface area (Å²) < 4.78 is 60.3. The van der Waals surface area contributed by atoms with Crippen LogP contribution in [-0.2, 0) is 16.4 Å². The number of hydrogen-bond acceptors (Lipinski definition) is 6. The molecule has 8 nitrogen and oxygen atoms in total. The highest BCUT2D eigenvalue weighted by Gasteiger charge is 2.26. The zero-order chi connectivity index (χ0) is 20.0. The van der Waals surface area contributed by atoms with E-state index in [4.69, 9.17) is 4.74 Å². The zero-order valence-electron chi connectivity index (χ0n) is 14.1. The molecule has 0 bridgehead atoms. The van der Waals surface area contributed by atoms with E-state index < -0.39 is 32.1 Å². The molecule has 2 aromatic carbocycles. The second-order valence-corrected chi connectivity index (χ2v) is 7.00. The number of ether oxygens (including phenoxy) is 2. The summed E-state index contributed by atoms with van der Waals surface area (Å²) in [7, 11) is -2.82. The number of nitro benzene ring substituents is 1. The van der Waals surface area contributed by atoms with Gasteiger partial charge in [-0.2, -0.15) is 8.78 Å². The number of alkyl halides is 2. The normalized spacial score (nSPS) is 11.4. The number of benzene rings is 2. The molecule has 0 saturated heterocycles. The predicted octanol–water partition coefficient (Wildman–Crippen LogP) is 2.73. The molecule has 0 heterocycles. The molecule has 2 rings (SSSR count). The average Bonchev–Trinajstić information content (AvgIpc) is 2.62. The fourth-order valence-corrected chi connectivity index (χ4v) is 3.42. The van der Waals surface area contributed by atoms with Crippen LogP contribution in [0.4, 0.5) is 14.5 Å². The van der Waals surface area contributed by atoms with Gasteiger partial charge in [-0.1, -0.05) is 12.1 Å². The summed E-state index contributed by atoms with van der Waals surface area (Å²) in [4.78, 5) is 9.85. The van der Waals surface area contributed by atoms with Crippen LogP contribution in [0.3, 0.4) is 0 Å². The fraction of sp³-hybridized carbons (Fsp3) is 0.250. The highest BCUT2D eigenvalue weighted by atomic mass is 32.2. The van der Waals surface area contributed by atoms with Gasteiger partial charge in [-0.25, -0.2) is 13.1 Å². The van der Waals surface area contributed by atoms with E-state index in [1.165, 1.54) is 37.4 Å². The number of nitro groups is 1. The van der Waals surface area contributed by atoms with Gasteiger partial charge in [-0.05, 0) is 36.2 Å². The van der Waals surface area contributed by atoms with Crippen molar-refractivity contribution in [3.05, 3.63) is 58.1 Å². The first-order chi connectivity index (χ1) is 12.7. The maximum atomic E-state index is 12.4. The van der Waals surface area contributed by atoms with Crippen molar-refractivity contribution in [2.45, 2.75) is 17.9 Å². The van der Waals surface area contributed by atoms with Gasteiger partial charge >= 0.3 is 6.61 Å². The number of sulfonamides is 1. The molecule has 11 heteroatoms. The van der Waals surface area contributed by atoms with Gasteiger partial charge in [0.25, 0.3) is 5.69 Å². The summed E-state index contributed by atoms with van der Waals surface area (Å²) in [6, 6.07) is 9.13. The molecule has 0 atom stereocenters. The van der Waals surface area contributed by atoms with Crippen molar-refractivity contribution >= 4 is 15.7 Å². The Balaban J connectivity index is 2.06. The van der Waals surface area contributed by atoms with Gasteiger partial charge in [0.15, 0.2) is 4.90 Å². The standard InChI is InChI=1S/C16H16F2N2O6S/c1-25-13-6-7-15(14(10-13)20(21)22)27(23,24)19-9-8-11-2-4-12(5-3-11)26-16(17)18/h2-7,10,16,19H,8-9H2,1H3. The lowest BCUT2D eigenvalue weighted by molar-refractivity contribution is -0.387. The lowest BCUT2D eigenvalue weighted by atomic mass is 10.1. The molecule has 0 radical (unpaired) electrons. The van der Waals surface area contributed by atoms with Gasteiger partial charge in [0, 0.05) is 6.54 Å².